The van der Waals surface area contributed by atoms with E-state index in [0.717, 1.165) is 25.7 Å². The Kier molecular flexibility index (Phi) is 4.18. The van der Waals surface area contributed by atoms with Crippen LogP contribution in [0.3, 0.4) is 0 Å². The van der Waals surface area contributed by atoms with Crippen LogP contribution in [-0.2, 0) is 20.4 Å². The maximum atomic E-state index is 12.9. The fraction of sp³-hybridized carbons (Fsp3) is 0.600. The molecule has 1 N–H and O–H groups in total. The van der Waals surface area contributed by atoms with E-state index in [2.05, 4.69) is 4.72 Å². The Morgan fingerprint density at radius 2 is 1.72 bits per heavy atom. The van der Waals surface area contributed by atoms with Crippen molar-refractivity contribution >= 4 is 31.8 Å². The van der Waals surface area contributed by atoms with E-state index in [1.165, 1.54) is 12.9 Å². The van der Waals surface area contributed by atoms with Crippen molar-refractivity contribution < 1.29 is 16.8 Å². The van der Waals surface area contributed by atoms with E-state index in [1.54, 1.807) is 18.2 Å². The molecule has 0 spiro atoms. The first-order valence-corrected chi connectivity index (χ1v) is 11.4. The van der Waals surface area contributed by atoms with Crippen LogP contribution in [0.4, 0.5) is 11.4 Å². The Hall–Kier alpha value is -1.36. The van der Waals surface area contributed by atoms with Crippen LogP contribution in [0.5, 0.6) is 0 Å². The summed E-state index contributed by atoms with van der Waals surface area (Å²) in [6, 6.07) is 7.22. The summed E-state index contributed by atoms with van der Waals surface area (Å²) in [4.78, 5) is 0. The van der Waals surface area contributed by atoms with Gasteiger partial charge in [-0.15, -0.1) is 0 Å². The molecule has 0 aromatic heterocycles. The van der Waals surface area contributed by atoms with Gasteiger partial charge in [-0.05, 0) is 37.8 Å². The SMILES string of the molecule is O=S(=O)(NCCN1c2ccccc2N(C2CC2)S1(=O)=O)N1CCCC1. The normalized spacial score (nSPS) is 23.2. The van der Waals surface area contributed by atoms with Gasteiger partial charge in [0.25, 0.3) is 10.2 Å². The Morgan fingerprint density at radius 1 is 1.08 bits per heavy atom. The molecule has 25 heavy (non-hydrogen) atoms. The molecule has 0 atom stereocenters. The highest BCUT2D eigenvalue weighted by Gasteiger charge is 2.47. The molecule has 2 heterocycles. The first-order chi connectivity index (χ1) is 11.9. The molecule has 0 amide bonds. The third-order valence-corrected chi connectivity index (χ3v) is 8.34. The van der Waals surface area contributed by atoms with Crippen LogP contribution >= 0.6 is 0 Å². The highest BCUT2D eigenvalue weighted by atomic mass is 32.2. The predicted molar refractivity (Wildman–Crippen MR) is 95.9 cm³/mol. The fourth-order valence-corrected chi connectivity index (χ4v) is 6.64. The summed E-state index contributed by atoms with van der Waals surface area (Å²) in [6.07, 6.45) is 3.46. The largest absolute Gasteiger partial charge is 0.326 e. The molecule has 10 heteroatoms. The first-order valence-electron chi connectivity index (χ1n) is 8.57. The van der Waals surface area contributed by atoms with Gasteiger partial charge in [0, 0.05) is 32.2 Å². The lowest BCUT2D eigenvalue weighted by atomic mass is 10.2. The van der Waals surface area contributed by atoms with Crippen molar-refractivity contribution in [3.63, 3.8) is 0 Å². The van der Waals surface area contributed by atoms with Gasteiger partial charge in [-0.3, -0.25) is 0 Å². The number of benzene rings is 1. The van der Waals surface area contributed by atoms with E-state index in [-0.39, 0.29) is 19.1 Å². The molecular formula is C15H22N4O4S2. The molecular weight excluding hydrogens is 364 g/mol. The number of fused-ring (bicyclic) bond motifs is 1. The summed E-state index contributed by atoms with van der Waals surface area (Å²) in [5.74, 6) is 0. The van der Waals surface area contributed by atoms with E-state index in [4.69, 9.17) is 0 Å². The topological polar surface area (TPSA) is 90.0 Å². The number of hydrogen-bond acceptors (Lipinski definition) is 4. The minimum Gasteiger partial charge on any atom is -0.250 e. The summed E-state index contributed by atoms with van der Waals surface area (Å²) in [5, 5.41) is 0. The smallest absolute Gasteiger partial charge is 0.250 e. The van der Waals surface area contributed by atoms with Gasteiger partial charge in [-0.1, -0.05) is 12.1 Å². The standard InChI is InChI=1S/C15H22N4O4S2/c20-24(21,17-10-3-4-11-17)16-9-12-18-14-5-1-2-6-15(14)19(13-7-8-13)25(18,22)23/h1-2,5-6,13,16H,3-4,7-12H2. The van der Waals surface area contributed by atoms with Gasteiger partial charge in [-0.25, -0.2) is 13.3 Å². The number of rotatable bonds is 6. The molecule has 1 aromatic rings. The number of nitrogens with one attached hydrogen (secondary N) is 1. The van der Waals surface area contributed by atoms with Gasteiger partial charge in [0.2, 0.25) is 0 Å². The molecule has 1 saturated carbocycles. The Labute approximate surface area is 148 Å². The molecule has 2 aliphatic heterocycles. The third-order valence-electron chi connectivity index (χ3n) is 4.80. The van der Waals surface area contributed by atoms with Crippen LogP contribution in [-0.4, -0.2) is 53.4 Å². The Bertz CT molecular complexity index is 861. The second-order valence-electron chi connectivity index (χ2n) is 6.60. The zero-order valence-electron chi connectivity index (χ0n) is 13.8. The maximum Gasteiger partial charge on any atom is 0.326 e. The number of hydrogen-bond donors (Lipinski definition) is 1. The molecule has 1 aliphatic carbocycles. The molecule has 1 aromatic carbocycles. The highest BCUT2D eigenvalue weighted by molar-refractivity contribution is 7.94. The summed E-state index contributed by atoms with van der Waals surface area (Å²) >= 11 is 0. The summed E-state index contributed by atoms with van der Waals surface area (Å²) in [6.45, 7) is 1.17. The lowest BCUT2D eigenvalue weighted by Gasteiger charge is -2.22. The van der Waals surface area contributed by atoms with Crippen molar-refractivity contribution in [3.8, 4) is 0 Å². The molecule has 0 radical (unpaired) electrons. The van der Waals surface area contributed by atoms with Crippen molar-refractivity contribution in [2.75, 3.05) is 34.8 Å². The predicted octanol–water partition coefficient (Wildman–Crippen LogP) is 0.650. The average Bonchev–Trinajstić information content (AvgIpc) is 3.15. The van der Waals surface area contributed by atoms with Gasteiger partial charge in [-0.2, -0.15) is 21.1 Å². The number of para-hydroxylation sites is 2. The molecule has 0 bridgehead atoms. The summed E-state index contributed by atoms with van der Waals surface area (Å²) in [7, 11) is -7.18. The van der Waals surface area contributed by atoms with Crippen LogP contribution in [0.15, 0.2) is 24.3 Å². The first kappa shape index (κ1) is 17.1. The van der Waals surface area contributed by atoms with E-state index in [0.29, 0.717) is 24.5 Å². The molecule has 4 rings (SSSR count). The van der Waals surface area contributed by atoms with Gasteiger partial charge in [0.1, 0.15) is 0 Å². The molecule has 3 aliphatic rings. The van der Waals surface area contributed by atoms with Gasteiger partial charge < -0.3 is 0 Å². The average molecular weight is 386 g/mol. The Morgan fingerprint density at radius 3 is 2.36 bits per heavy atom. The molecule has 8 nitrogen and oxygen atoms in total. The monoisotopic (exact) mass is 386 g/mol. The van der Waals surface area contributed by atoms with Crippen LogP contribution in [0.25, 0.3) is 0 Å². The molecule has 0 unspecified atom stereocenters. The van der Waals surface area contributed by atoms with Crippen LogP contribution in [0.2, 0.25) is 0 Å². The number of nitrogens with zero attached hydrogens (tertiary/aromatic N) is 3. The van der Waals surface area contributed by atoms with E-state index in [9.17, 15) is 16.8 Å². The number of anilines is 2. The van der Waals surface area contributed by atoms with Gasteiger partial charge >= 0.3 is 10.2 Å². The van der Waals surface area contributed by atoms with Crippen molar-refractivity contribution in [3.05, 3.63) is 24.3 Å². The second-order valence-corrected chi connectivity index (χ2v) is 10.1. The zero-order valence-corrected chi connectivity index (χ0v) is 15.5. The third kappa shape index (κ3) is 3.01. The zero-order chi connectivity index (χ0) is 17.7. The van der Waals surface area contributed by atoms with E-state index >= 15 is 0 Å². The maximum absolute atomic E-state index is 12.9. The van der Waals surface area contributed by atoms with Crippen molar-refractivity contribution in [2.45, 2.75) is 31.7 Å². The van der Waals surface area contributed by atoms with E-state index < -0.39 is 20.4 Å². The van der Waals surface area contributed by atoms with Crippen LogP contribution < -0.4 is 13.3 Å². The minimum absolute atomic E-state index is 0.0254. The van der Waals surface area contributed by atoms with Gasteiger partial charge in [0.05, 0.1) is 11.4 Å². The summed E-state index contributed by atoms with van der Waals surface area (Å²) < 4.78 is 57.0. The lowest BCUT2D eigenvalue weighted by Crippen LogP contribution is -2.45. The molecule has 1 saturated heterocycles. The highest BCUT2D eigenvalue weighted by Crippen LogP contribution is 2.46. The summed E-state index contributed by atoms with van der Waals surface area (Å²) in [5.41, 5.74) is 1.31. The van der Waals surface area contributed by atoms with Crippen LogP contribution in [0.1, 0.15) is 25.7 Å². The lowest BCUT2D eigenvalue weighted by molar-refractivity contribution is 0.465. The second kappa shape index (κ2) is 6.11. The quantitative estimate of drug-likeness (QED) is 0.777. The van der Waals surface area contributed by atoms with Crippen LogP contribution in [0, 0.1) is 0 Å². The van der Waals surface area contributed by atoms with Crippen molar-refractivity contribution in [1.82, 2.24) is 9.03 Å². The Balaban J connectivity index is 1.50. The molecule has 2 fully saturated rings. The van der Waals surface area contributed by atoms with Gasteiger partial charge in [0.15, 0.2) is 0 Å². The minimum atomic E-state index is -3.64. The fourth-order valence-electron chi connectivity index (χ4n) is 3.44. The van der Waals surface area contributed by atoms with Crippen molar-refractivity contribution in [2.24, 2.45) is 0 Å². The van der Waals surface area contributed by atoms with E-state index in [1.807, 2.05) is 6.07 Å². The van der Waals surface area contributed by atoms with Crippen molar-refractivity contribution in [1.29, 1.82) is 0 Å². The molecule has 138 valence electrons.